The van der Waals surface area contributed by atoms with Crippen LogP contribution in [0.1, 0.15) is 18.4 Å². The Hall–Kier alpha value is -0.640. The zero-order valence-corrected chi connectivity index (χ0v) is 9.30. The molecular weight excluding hydrogens is 212 g/mol. The second kappa shape index (κ2) is 4.47. The molecular formula is C11H15ClN2O. The molecule has 0 saturated carbocycles. The van der Waals surface area contributed by atoms with Crippen molar-refractivity contribution in [2.75, 3.05) is 13.1 Å². The van der Waals surface area contributed by atoms with Crippen molar-refractivity contribution in [3.63, 3.8) is 0 Å². The van der Waals surface area contributed by atoms with Gasteiger partial charge in [-0.1, -0.05) is 17.7 Å². The molecule has 2 heterocycles. The monoisotopic (exact) mass is 226 g/mol. The van der Waals surface area contributed by atoms with E-state index in [1.165, 1.54) is 0 Å². The number of piperidine rings is 1. The molecule has 82 valence electrons. The molecule has 15 heavy (non-hydrogen) atoms. The fourth-order valence-corrected chi connectivity index (χ4v) is 2.16. The molecule has 1 saturated heterocycles. The van der Waals surface area contributed by atoms with E-state index in [0.29, 0.717) is 11.6 Å². The number of aliphatic hydroxyl groups is 1. The largest absolute Gasteiger partial charge is 0.389 e. The molecule has 0 unspecified atom stereocenters. The Morgan fingerprint density at radius 3 is 2.87 bits per heavy atom. The molecule has 2 N–H and O–H groups in total. The molecule has 0 aromatic carbocycles. The second-order valence-corrected chi connectivity index (χ2v) is 4.46. The summed E-state index contributed by atoms with van der Waals surface area (Å²) >= 11 is 5.97. The number of rotatable bonds is 2. The summed E-state index contributed by atoms with van der Waals surface area (Å²) in [4.78, 5) is 4.01. The first-order chi connectivity index (χ1) is 7.20. The zero-order chi connectivity index (χ0) is 10.7. The van der Waals surface area contributed by atoms with Gasteiger partial charge in [0.1, 0.15) is 5.15 Å². The Morgan fingerprint density at radius 1 is 1.47 bits per heavy atom. The van der Waals surface area contributed by atoms with Crippen LogP contribution in [0.3, 0.4) is 0 Å². The highest BCUT2D eigenvalue weighted by Crippen LogP contribution is 2.25. The lowest BCUT2D eigenvalue weighted by atomic mass is 9.86. The number of aromatic nitrogens is 1. The van der Waals surface area contributed by atoms with Crippen LogP contribution in [0.5, 0.6) is 0 Å². The summed E-state index contributed by atoms with van der Waals surface area (Å²) in [5.74, 6) is 0. The Bertz CT molecular complexity index is 337. The molecule has 0 spiro atoms. The maximum atomic E-state index is 10.3. The third-order valence-corrected chi connectivity index (χ3v) is 3.23. The SMILES string of the molecule is OC1(Cc2cccnc2Cl)CCNCC1. The molecule has 0 amide bonds. The summed E-state index contributed by atoms with van der Waals surface area (Å²) in [5.41, 5.74) is 0.321. The van der Waals surface area contributed by atoms with E-state index < -0.39 is 5.60 Å². The predicted octanol–water partition coefficient (Wildman–Crippen LogP) is 1.39. The number of nitrogens with one attached hydrogen (secondary N) is 1. The molecule has 4 heteroatoms. The van der Waals surface area contributed by atoms with Crippen LogP contribution in [0.25, 0.3) is 0 Å². The van der Waals surface area contributed by atoms with Crippen molar-refractivity contribution >= 4 is 11.6 Å². The first-order valence-corrected chi connectivity index (χ1v) is 5.60. The Kier molecular flexibility index (Phi) is 3.24. The number of hydrogen-bond acceptors (Lipinski definition) is 3. The maximum Gasteiger partial charge on any atom is 0.132 e. The van der Waals surface area contributed by atoms with E-state index in [4.69, 9.17) is 11.6 Å². The molecule has 1 aliphatic heterocycles. The maximum absolute atomic E-state index is 10.3. The number of nitrogens with zero attached hydrogens (tertiary/aromatic N) is 1. The van der Waals surface area contributed by atoms with Gasteiger partial charge < -0.3 is 10.4 Å². The predicted molar refractivity (Wildman–Crippen MR) is 60.0 cm³/mol. The van der Waals surface area contributed by atoms with Crippen molar-refractivity contribution in [1.29, 1.82) is 0 Å². The number of pyridine rings is 1. The fraction of sp³-hybridized carbons (Fsp3) is 0.545. The first kappa shape index (κ1) is 10.9. The lowest BCUT2D eigenvalue weighted by Gasteiger charge is -2.32. The van der Waals surface area contributed by atoms with Gasteiger partial charge in [-0.3, -0.25) is 0 Å². The summed E-state index contributed by atoms with van der Waals surface area (Å²) in [6.07, 6.45) is 3.82. The molecule has 1 fully saturated rings. The Balaban J connectivity index is 2.10. The topological polar surface area (TPSA) is 45.2 Å². The van der Waals surface area contributed by atoms with Crippen LogP contribution in [-0.4, -0.2) is 28.8 Å². The van der Waals surface area contributed by atoms with E-state index in [9.17, 15) is 5.11 Å². The minimum absolute atomic E-state index is 0.504. The van der Waals surface area contributed by atoms with Crippen LogP contribution >= 0.6 is 11.6 Å². The molecule has 0 radical (unpaired) electrons. The van der Waals surface area contributed by atoms with E-state index >= 15 is 0 Å². The normalized spacial score (nSPS) is 20.1. The van der Waals surface area contributed by atoms with Gasteiger partial charge >= 0.3 is 0 Å². The van der Waals surface area contributed by atoms with Crippen LogP contribution in [0.15, 0.2) is 18.3 Å². The van der Waals surface area contributed by atoms with Gasteiger partial charge in [0.2, 0.25) is 0 Å². The van der Waals surface area contributed by atoms with Crippen molar-refractivity contribution in [1.82, 2.24) is 10.3 Å². The van der Waals surface area contributed by atoms with Gasteiger partial charge in [0, 0.05) is 12.6 Å². The van der Waals surface area contributed by atoms with E-state index in [1.54, 1.807) is 6.20 Å². The van der Waals surface area contributed by atoms with E-state index in [0.717, 1.165) is 31.5 Å². The zero-order valence-electron chi connectivity index (χ0n) is 8.54. The highest BCUT2D eigenvalue weighted by Gasteiger charge is 2.29. The van der Waals surface area contributed by atoms with Gasteiger partial charge in [-0.05, 0) is 37.6 Å². The van der Waals surface area contributed by atoms with Gasteiger partial charge in [0.25, 0.3) is 0 Å². The van der Waals surface area contributed by atoms with E-state index in [1.807, 2.05) is 12.1 Å². The summed E-state index contributed by atoms with van der Waals surface area (Å²) in [7, 11) is 0. The molecule has 1 aliphatic rings. The first-order valence-electron chi connectivity index (χ1n) is 5.22. The average molecular weight is 227 g/mol. The molecule has 2 rings (SSSR count). The lowest BCUT2D eigenvalue weighted by molar-refractivity contribution is 0.0108. The second-order valence-electron chi connectivity index (χ2n) is 4.10. The summed E-state index contributed by atoms with van der Waals surface area (Å²) < 4.78 is 0. The van der Waals surface area contributed by atoms with E-state index in [2.05, 4.69) is 10.3 Å². The third kappa shape index (κ3) is 2.68. The van der Waals surface area contributed by atoms with Gasteiger partial charge in [0.05, 0.1) is 5.60 Å². The molecule has 1 aromatic heterocycles. The van der Waals surface area contributed by atoms with Crippen molar-refractivity contribution in [3.8, 4) is 0 Å². The lowest BCUT2D eigenvalue weighted by Crippen LogP contribution is -2.43. The van der Waals surface area contributed by atoms with Gasteiger partial charge in [0.15, 0.2) is 0 Å². The van der Waals surface area contributed by atoms with Crippen molar-refractivity contribution < 1.29 is 5.11 Å². The molecule has 0 atom stereocenters. The highest BCUT2D eigenvalue weighted by atomic mass is 35.5. The quantitative estimate of drug-likeness (QED) is 0.750. The third-order valence-electron chi connectivity index (χ3n) is 2.89. The van der Waals surface area contributed by atoms with Crippen molar-refractivity contribution in [2.45, 2.75) is 24.9 Å². The van der Waals surface area contributed by atoms with E-state index in [-0.39, 0.29) is 0 Å². The molecule has 0 bridgehead atoms. The van der Waals surface area contributed by atoms with Crippen LogP contribution in [0.4, 0.5) is 0 Å². The average Bonchev–Trinajstić information content (AvgIpc) is 2.22. The van der Waals surface area contributed by atoms with Crippen molar-refractivity contribution in [2.24, 2.45) is 0 Å². The summed E-state index contributed by atoms with van der Waals surface area (Å²) in [6.45, 7) is 1.74. The van der Waals surface area contributed by atoms with Crippen LogP contribution < -0.4 is 5.32 Å². The molecule has 1 aromatic rings. The number of halogens is 1. The fourth-order valence-electron chi connectivity index (χ4n) is 1.97. The van der Waals surface area contributed by atoms with Gasteiger partial charge in [-0.25, -0.2) is 4.98 Å². The molecule has 0 aliphatic carbocycles. The van der Waals surface area contributed by atoms with Gasteiger partial charge in [-0.15, -0.1) is 0 Å². The summed E-state index contributed by atoms with van der Waals surface area (Å²) in [5, 5.41) is 14.1. The summed E-state index contributed by atoms with van der Waals surface area (Å²) in [6, 6.07) is 3.78. The van der Waals surface area contributed by atoms with Crippen LogP contribution in [0, 0.1) is 0 Å². The minimum atomic E-state index is -0.613. The highest BCUT2D eigenvalue weighted by molar-refractivity contribution is 6.30. The molecule has 3 nitrogen and oxygen atoms in total. The Morgan fingerprint density at radius 2 is 2.20 bits per heavy atom. The van der Waals surface area contributed by atoms with Gasteiger partial charge in [-0.2, -0.15) is 0 Å². The Labute approximate surface area is 94.5 Å². The minimum Gasteiger partial charge on any atom is -0.389 e. The van der Waals surface area contributed by atoms with Crippen LogP contribution in [-0.2, 0) is 6.42 Å². The number of hydrogen-bond donors (Lipinski definition) is 2. The standard InChI is InChI=1S/C11H15ClN2O/c12-10-9(2-1-5-14-10)8-11(15)3-6-13-7-4-11/h1-2,5,13,15H,3-4,6-8H2. The van der Waals surface area contributed by atoms with Crippen molar-refractivity contribution in [3.05, 3.63) is 29.0 Å². The smallest absolute Gasteiger partial charge is 0.132 e. The van der Waals surface area contributed by atoms with Crippen LogP contribution in [0.2, 0.25) is 5.15 Å².